The molecule has 0 aromatic heterocycles. The van der Waals surface area contributed by atoms with E-state index >= 15 is 0 Å². The Morgan fingerprint density at radius 3 is 2.60 bits per heavy atom. The van der Waals surface area contributed by atoms with Crippen LogP contribution in [-0.4, -0.2) is 32.9 Å². The molecule has 0 N–H and O–H groups in total. The first kappa shape index (κ1) is 15.6. The Kier molecular flexibility index (Phi) is 4.94. The van der Waals surface area contributed by atoms with Gasteiger partial charge in [0.1, 0.15) is 5.75 Å². The molecule has 1 aromatic carbocycles. The van der Waals surface area contributed by atoms with E-state index in [2.05, 4.69) is 0 Å². The second-order valence-corrected chi connectivity index (χ2v) is 7.21. The minimum Gasteiger partial charge on any atom is -0.496 e. The third kappa shape index (κ3) is 3.27. The Hall–Kier alpha value is -0.780. The van der Waals surface area contributed by atoms with Gasteiger partial charge < -0.3 is 4.74 Å². The molecule has 2 rings (SSSR count). The van der Waals surface area contributed by atoms with Gasteiger partial charge in [0.2, 0.25) is 10.0 Å². The van der Waals surface area contributed by atoms with Gasteiger partial charge in [-0.25, -0.2) is 8.42 Å². The Labute approximate surface area is 125 Å². The zero-order valence-electron chi connectivity index (χ0n) is 11.8. The summed E-state index contributed by atoms with van der Waals surface area (Å²) in [5.41, 5.74) is 0.692. The highest BCUT2D eigenvalue weighted by Gasteiger charge is 2.30. The van der Waals surface area contributed by atoms with Crippen LogP contribution in [0.4, 0.5) is 0 Å². The van der Waals surface area contributed by atoms with Crippen LogP contribution in [0.3, 0.4) is 0 Å². The summed E-state index contributed by atoms with van der Waals surface area (Å²) in [5, 5.41) is 0. The van der Waals surface area contributed by atoms with Gasteiger partial charge in [-0.15, -0.1) is 11.6 Å². The third-order valence-corrected chi connectivity index (χ3v) is 5.77. The molecule has 1 fully saturated rings. The van der Waals surface area contributed by atoms with Crippen molar-refractivity contribution in [3.8, 4) is 5.75 Å². The van der Waals surface area contributed by atoms with Crippen LogP contribution in [0.15, 0.2) is 23.1 Å². The van der Waals surface area contributed by atoms with Crippen molar-refractivity contribution >= 4 is 21.6 Å². The summed E-state index contributed by atoms with van der Waals surface area (Å²) in [6.45, 7) is 2.97. The van der Waals surface area contributed by atoms with E-state index in [1.807, 2.05) is 6.92 Å². The molecular weight excluding hydrogens is 298 g/mol. The van der Waals surface area contributed by atoms with Gasteiger partial charge in [-0.3, -0.25) is 0 Å². The lowest BCUT2D eigenvalue weighted by Crippen LogP contribution is -2.32. The number of hydrogen-bond acceptors (Lipinski definition) is 3. The highest BCUT2D eigenvalue weighted by Crippen LogP contribution is 2.32. The second-order valence-electron chi connectivity index (χ2n) is 5.01. The predicted molar refractivity (Wildman–Crippen MR) is 79.7 cm³/mol. The number of alkyl halides is 1. The molecule has 1 aliphatic rings. The van der Waals surface area contributed by atoms with Crippen molar-refractivity contribution in [3.63, 3.8) is 0 Å². The van der Waals surface area contributed by atoms with Crippen LogP contribution < -0.4 is 4.74 Å². The van der Waals surface area contributed by atoms with Gasteiger partial charge in [0, 0.05) is 18.7 Å². The smallest absolute Gasteiger partial charge is 0.243 e. The maximum absolute atomic E-state index is 12.6. The lowest BCUT2D eigenvalue weighted by molar-refractivity contribution is 0.407. The summed E-state index contributed by atoms with van der Waals surface area (Å²) in [7, 11) is -1.90. The van der Waals surface area contributed by atoms with Crippen LogP contribution >= 0.6 is 11.6 Å². The largest absolute Gasteiger partial charge is 0.496 e. The maximum atomic E-state index is 12.6. The van der Waals surface area contributed by atoms with E-state index in [0.29, 0.717) is 30.3 Å². The molecule has 1 aliphatic carbocycles. The predicted octanol–water partition coefficient (Wildman–Crippen LogP) is 2.85. The van der Waals surface area contributed by atoms with Crippen LogP contribution in [0.1, 0.15) is 25.3 Å². The van der Waals surface area contributed by atoms with Gasteiger partial charge >= 0.3 is 0 Å². The van der Waals surface area contributed by atoms with E-state index in [1.165, 1.54) is 0 Å². The number of nitrogens with zero attached hydrogens (tertiary/aromatic N) is 1. The molecule has 1 saturated carbocycles. The first-order chi connectivity index (χ1) is 9.52. The minimum absolute atomic E-state index is 0.223. The molecule has 112 valence electrons. The normalized spacial score (nSPS) is 15.6. The molecule has 0 amide bonds. The second kappa shape index (κ2) is 6.33. The number of hydrogen-bond donors (Lipinski definition) is 0. The fraction of sp³-hybridized carbons (Fsp3) is 0.571. The molecule has 0 radical (unpaired) electrons. The van der Waals surface area contributed by atoms with Crippen molar-refractivity contribution in [1.82, 2.24) is 4.31 Å². The third-order valence-electron chi connectivity index (χ3n) is 3.55. The number of halogens is 1. The van der Waals surface area contributed by atoms with Gasteiger partial charge in [0.05, 0.1) is 17.9 Å². The fourth-order valence-corrected chi connectivity index (χ4v) is 3.94. The standard InChI is InChI=1S/C14H20ClNO3S/c1-3-16(10-11-4-5-11)20(17,18)13-6-7-14(19-2)12(8-13)9-15/h6-8,11H,3-5,9-10H2,1-2H3. The van der Waals surface area contributed by atoms with Crippen molar-refractivity contribution < 1.29 is 13.2 Å². The van der Waals surface area contributed by atoms with Gasteiger partial charge in [0.25, 0.3) is 0 Å². The van der Waals surface area contributed by atoms with E-state index in [0.717, 1.165) is 12.8 Å². The zero-order valence-corrected chi connectivity index (χ0v) is 13.4. The summed E-state index contributed by atoms with van der Waals surface area (Å²) in [6, 6.07) is 4.85. The van der Waals surface area contributed by atoms with Crippen molar-refractivity contribution in [1.29, 1.82) is 0 Å². The molecule has 0 spiro atoms. The van der Waals surface area contributed by atoms with E-state index < -0.39 is 10.0 Å². The molecular formula is C14H20ClNO3S. The molecule has 20 heavy (non-hydrogen) atoms. The van der Waals surface area contributed by atoms with Gasteiger partial charge in [-0.1, -0.05) is 6.92 Å². The van der Waals surface area contributed by atoms with Crippen LogP contribution in [0.2, 0.25) is 0 Å². The quantitative estimate of drug-likeness (QED) is 0.726. The SMILES string of the molecule is CCN(CC1CC1)S(=O)(=O)c1ccc(OC)c(CCl)c1. The Morgan fingerprint density at radius 1 is 1.40 bits per heavy atom. The number of sulfonamides is 1. The van der Waals surface area contributed by atoms with E-state index in [-0.39, 0.29) is 10.8 Å². The number of ether oxygens (including phenoxy) is 1. The molecule has 4 nitrogen and oxygen atoms in total. The lowest BCUT2D eigenvalue weighted by Gasteiger charge is -2.21. The first-order valence-electron chi connectivity index (χ1n) is 6.76. The average molecular weight is 318 g/mol. The number of benzene rings is 1. The molecule has 0 bridgehead atoms. The number of methoxy groups -OCH3 is 1. The molecule has 1 aromatic rings. The van der Waals surface area contributed by atoms with Crippen molar-refractivity contribution in [2.24, 2.45) is 5.92 Å². The molecule has 0 heterocycles. The maximum Gasteiger partial charge on any atom is 0.243 e. The van der Waals surface area contributed by atoms with Crippen LogP contribution in [-0.2, 0) is 15.9 Å². The highest BCUT2D eigenvalue weighted by molar-refractivity contribution is 7.89. The molecule has 6 heteroatoms. The van der Waals surface area contributed by atoms with Gasteiger partial charge in [-0.2, -0.15) is 4.31 Å². The van der Waals surface area contributed by atoms with E-state index in [9.17, 15) is 8.42 Å². The molecule has 0 atom stereocenters. The zero-order chi connectivity index (χ0) is 14.8. The van der Waals surface area contributed by atoms with Crippen LogP contribution in [0, 0.1) is 5.92 Å². The van der Waals surface area contributed by atoms with Crippen LogP contribution in [0.25, 0.3) is 0 Å². The summed E-state index contributed by atoms with van der Waals surface area (Å²) in [6.07, 6.45) is 2.25. The fourth-order valence-electron chi connectivity index (χ4n) is 2.15. The minimum atomic E-state index is -3.44. The topological polar surface area (TPSA) is 46.6 Å². The Morgan fingerprint density at radius 2 is 2.10 bits per heavy atom. The lowest BCUT2D eigenvalue weighted by atomic mass is 10.2. The molecule has 0 unspecified atom stereocenters. The van der Waals surface area contributed by atoms with Crippen molar-refractivity contribution in [3.05, 3.63) is 23.8 Å². The summed E-state index contributed by atoms with van der Waals surface area (Å²) in [5.74, 6) is 1.36. The van der Waals surface area contributed by atoms with Crippen molar-refractivity contribution in [2.45, 2.75) is 30.5 Å². The summed E-state index contributed by atoms with van der Waals surface area (Å²) in [4.78, 5) is 0.288. The number of rotatable bonds is 7. The molecule has 0 aliphatic heterocycles. The molecule has 0 saturated heterocycles. The first-order valence-corrected chi connectivity index (χ1v) is 8.73. The van der Waals surface area contributed by atoms with Gasteiger partial charge in [0.15, 0.2) is 0 Å². The van der Waals surface area contributed by atoms with Crippen LogP contribution in [0.5, 0.6) is 5.75 Å². The Bertz CT molecular complexity index is 570. The van der Waals surface area contributed by atoms with Gasteiger partial charge in [-0.05, 0) is 37.0 Å². The highest BCUT2D eigenvalue weighted by atomic mass is 35.5. The van der Waals surface area contributed by atoms with E-state index in [1.54, 1.807) is 29.6 Å². The summed E-state index contributed by atoms with van der Waals surface area (Å²) < 4.78 is 32.0. The van der Waals surface area contributed by atoms with E-state index in [4.69, 9.17) is 16.3 Å². The van der Waals surface area contributed by atoms with Crippen molar-refractivity contribution in [2.75, 3.05) is 20.2 Å². The summed E-state index contributed by atoms with van der Waals surface area (Å²) >= 11 is 5.85. The monoisotopic (exact) mass is 317 g/mol. The average Bonchev–Trinajstić information content (AvgIpc) is 3.27. The Balaban J connectivity index is 2.31.